The van der Waals surface area contributed by atoms with Crippen LogP contribution in [0.15, 0.2) is 47.2 Å². The number of likely N-dealkylation sites (tertiary alicyclic amines) is 1. The molecule has 0 unspecified atom stereocenters. The van der Waals surface area contributed by atoms with Crippen molar-refractivity contribution < 1.29 is 14.1 Å². The van der Waals surface area contributed by atoms with Crippen LogP contribution in [-0.2, 0) is 11.2 Å². The van der Waals surface area contributed by atoms with Gasteiger partial charge in [0.05, 0.1) is 18.9 Å². The highest BCUT2D eigenvalue weighted by Gasteiger charge is 2.35. The van der Waals surface area contributed by atoms with Gasteiger partial charge in [0.1, 0.15) is 5.75 Å². The maximum atomic E-state index is 12.4. The van der Waals surface area contributed by atoms with Crippen LogP contribution in [0.25, 0.3) is 11.6 Å². The molecule has 0 spiro atoms. The molecule has 1 aliphatic rings. The molecule has 1 saturated heterocycles. The van der Waals surface area contributed by atoms with Crippen molar-refractivity contribution in [3.63, 3.8) is 0 Å². The minimum Gasteiger partial charge on any atom is -0.494 e. The van der Waals surface area contributed by atoms with Gasteiger partial charge in [0, 0.05) is 25.5 Å². The summed E-state index contributed by atoms with van der Waals surface area (Å²) in [6.07, 6.45) is 3.62. The van der Waals surface area contributed by atoms with E-state index in [1.807, 2.05) is 31.2 Å². The lowest BCUT2D eigenvalue weighted by atomic mass is 9.99. The Morgan fingerprint density at radius 3 is 2.63 bits per heavy atom. The van der Waals surface area contributed by atoms with Crippen molar-refractivity contribution in [2.24, 2.45) is 0 Å². The van der Waals surface area contributed by atoms with Crippen molar-refractivity contribution in [3.05, 3.63) is 54.2 Å². The van der Waals surface area contributed by atoms with E-state index in [1.165, 1.54) is 0 Å². The summed E-state index contributed by atoms with van der Waals surface area (Å²) in [6, 6.07) is 9.34. The molecule has 1 amide bonds. The van der Waals surface area contributed by atoms with Gasteiger partial charge in [-0.2, -0.15) is 4.98 Å². The van der Waals surface area contributed by atoms with Crippen molar-refractivity contribution in [2.45, 2.75) is 19.3 Å². The molecule has 0 aliphatic carbocycles. The Hall–Kier alpha value is -3.29. The fourth-order valence-corrected chi connectivity index (χ4v) is 2.90. The number of hydrogen-bond acceptors (Lipinski definition) is 7. The Kier molecular flexibility index (Phi) is 4.78. The number of ether oxygens (including phenoxy) is 1. The Morgan fingerprint density at radius 2 is 1.93 bits per heavy atom. The lowest BCUT2D eigenvalue weighted by molar-refractivity contribution is -0.135. The average Bonchev–Trinajstić information content (AvgIpc) is 3.13. The first-order valence-corrected chi connectivity index (χ1v) is 8.83. The zero-order chi connectivity index (χ0) is 18.6. The maximum absolute atomic E-state index is 12.4. The fourth-order valence-electron chi connectivity index (χ4n) is 2.90. The molecule has 8 nitrogen and oxygen atoms in total. The van der Waals surface area contributed by atoms with Crippen LogP contribution in [0.5, 0.6) is 5.75 Å². The molecule has 1 fully saturated rings. The van der Waals surface area contributed by atoms with Crippen LogP contribution in [0, 0.1) is 0 Å². The third kappa shape index (κ3) is 3.79. The number of benzene rings is 1. The molecule has 0 radical (unpaired) electrons. The van der Waals surface area contributed by atoms with E-state index in [0.29, 0.717) is 43.7 Å². The number of aromatic nitrogens is 4. The summed E-state index contributed by atoms with van der Waals surface area (Å²) in [5, 5.41) is 3.92. The van der Waals surface area contributed by atoms with Crippen LogP contribution in [0.2, 0.25) is 0 Å². The zero-order valence-corrected chi connectivity index (χ0v) is 14.9. The summed E-state index contributed by atoms with van der Waals surface area (Å²) < 4.78 is 10.7. The van der Waals surface area contributed by atoms with Gasteiger partial charge < -0.3 is 14.2 Å². The van der Waals surface area contributed by atoms with Gasteiger partial charge in [-0.1, -0.05) is 17.3 Å². The molecule has 3 heterocycles. The second-order valence-corrected chi connectivity index (χ2v) is 6.28. The molecular weight excluding hydrogens is 346 g/mol. The van der Waals surface area contributed by atoms with Crippen molar-refractivity contribution in [3.8, 4) is 17.4 Å². The summed E-state index contributed by atoms with van der Waals surface area (Å²) in [6.45, 7) is 3.72. The predicted molar refractivity (Wildman–Crippen MR) is 96.0 cm³/mol. The number of nitrogens with zero attached hydrogens (tertiary/aromatic N) is 5. The normalized spacial score (nSPS) is 14.0. The van der Waals surface area contributed by atoms with E-state index >= 15 is 0 Å². The second-order valence-electron chi connectivity index (χ2n) is 6.28. The molecule has 2 aromatic heterocycles. The fraction of sp³-hybridized carbons (Fsp3) is 0.316. The number of amides is 1. The van der Waals surface area contributed by atoms with Gasteiger partial charge >= 0.3 is 0 Å². The van der Waals surface area contributed by atoms with Gasteiger partial charge in [-0.15, -0.1) is 0 Å². The molecule has 3 aromatic rings. The van der Waals surface area contributed by atoms with E-state index < -0.39 is 0 Å². The molecule has 0 atom stereocenters. The largest absolute Gasteiger partial charge is 0.494 e. The van der Waals surface area contributed by atoms with Gasteiger partial charge in [0.25, 0.3) is 0 Å². The van der Waals surface area contributed by atoms with E-state index in [0.717, 1.165) is 11.3 Å². The van der Waals surface area contributed by atoms with Crippen molar-refractivity contribution in [1.82, 2.24) is 25.0 Å². The van der Waals surface area contributed by atoms with Gasteiger partial charge in [0.2, 0.25) is 23.4 Å². The minimum atomic E-state index is 0.0549. The molecular formula is C19H19N5O3. The lowest BCUT2D eigenvalue weighted by Gasteiger charge is -2.37. The Morgan fingerprint density at radius 1 is 1.19 bits per heavy atom. The zero-order valence-electron chi connectivity index (χ0n) is 14.9. The highest BCUT2D eigenvalue weighted by molar-refractivity contribution is 5.79. The molecule has 8 heteroatoms. The molecule has 1 aromatic carbocycles. The van der Waals surface area contributed by atoms with E-state index in [-0.39, 0.29) is 11.8 Å². The average molecular weight is 365 g/mol. The van der Waals surface area contributed by atoms with E-state index in [1.54, 1.807) is 23.4 Å². The number of hydrogen-bond donors (Lipinski definition) is 0. The van der Waals surface area contributed by atoms with E-state index in [2.05, 4.69) is 20.1 Å². The number of rotatable bonds is 6. The molecule has 4 rings (SSSR count). The lowest BCUT2D eigenvalue weighted by Crippen LogP contribution is -2.49. The Labute approximate surface area is 156 Å². The monoisotopic (exact) mass is 365 g/mol. The van der Waals surface area contributed by atoms with Gasteiger partial charge in [-0.3, -0.25) is 4.79 Å². The van der Waals surface area contributed by atoms with Gasteiger partial charge in [0.15, 0.2) is 0 Å². The SMILES string of the molecule is CCOc1ccc(CC(=O)N2CC(c3nc(-c4ncccn4)no3)C2)cc1. The predicted octanol–water partition coefficient (Wildman–Crippen LogP) is 2.09. The first-order valence-electron chi connectivity index (χ1n) is 8.83. The van der Waals surface area contributed by atoms with Gasteiger partial charge in [-0.25, -0.2) is 9.97 Å². The number of carbonyl (C=O) groups excluding carboxylic acids is 1. The van der Waals surface area contributed by atoms with Crippen LogP contribution in [0.1, 0.15) is 24.3 Å². The van der Waals surface area contributed by atoms with Gasteiger partial charge in [-0.05, 0) is 30.7 Å². The second kappa shape index (κ2) is 7.53. The topological polar surface area (TPSA) is 94.2 Å². The molecule has 0 bridgehead atoms. The summed E-state index contributed by atoms with van der Waals surface area (Å²) in [5.74, 6) is 2.26. The summed E-state index contributed by atoms with van der Waals surface area (Å²) in [7, 11) is 0. The van der Waals surface area contributed by atoms with Crippen LogP contribution in [0.4, 0.5) is 0 Å². The van der Waals surface area contributed by atoms with Crippen molar-refractivity contribution >= 4 is 5.91 Å². The Bertz CT molecular complexity index is 905. The van der Waals surface area contributed by atoms with E-state index in [4.69, 9.17) is 9.26 Å². The molecule has 27 heavy (non-hydrogen) atoms. The van der Waals surface area contributed by atoms with Crippen LogP contribution in [0.3, 0.4) is 0 Å². The third-order valence-corrected chi connectivity index (χ3v) is 4.38. The minimum absolute atomic E-state index is 0.0549. The smallest absolute Gasteiger partial charge is 0.240 e. The number of carbonyl (C=O) groups is 1. The van der Waals surface area contributed by atoms with Crippen LogP contribution < -0.4 is 4.74 Å². The van der Waals surface area contributed by atoms with Crippen molar-refractivity contribution in [1.29, 1.82) is 0 Å². The van der Waals surface area contributed by atoms with Crippen LogP contribution in [-0.4, -0.2) is 50.6 Å². The quantitative estimate of drug-likeness (QED) is 0.660. The molecule has 1 aliphatic heterocycles. The summed E-state index contributed by atoms with van der Waals surface area (Å²) in [4.78, 5) is 26.8. The Balaban J connectivity index is 1.31. The highest BCUT2D eigenvalue weighted by atomic mass is 16.5. The van der Waals surface area contributed by atoms with Crippen molar-refractivity contribution in [2.75, 3.05) is 19.7 Å². The molecule has 0 saturated carbocycles. The molecule has 138 valence electrons. The summed E-state index contributed by atoms with van der Waals surface area (Å²) in [5.41, 5.74) is 0.966. The highest BCUT2D eigenvalue weighted by Crippen LogP contribution is 2.27. The standard InChI is InChI=1S/C19H19N5O3/c1-2-26-15-6-4-13(5-7-15)10-16(25)24-11-14(12-24)19-22-18(23-27-19)17-20-8-3-9-21-17/h3-9,14H,2,10-12H2,1H3. The molecule has 0 N–H and O–H groups in total. The summed E-state index contributed by atoms with van der Waals surface area (Å²) >= 11 is 0. The maximum Gasteiger partial charge on any atom is 0.240 e. The van der Waals surface area contributed by atoms with Crippen LogP contribution >= 0.6 is 0 Å². The first kappa shape index (κ1) is 17.1. The third-order valence-electron chi connectivity index (χ3n) is 4.38. The van der Waals surface area contributed by atoms with E-state index in [9.17, 15) is 4.79 Å². The first-order chi connectivity index (χ1) is 13.2.